The van der Waals surface area contributed by atoms with Crippen LogP contribution in [0.2, 0.25) is 0 Å². The summed E-state index contributed by atoms with van der Waals surface area (Å²) in [5.74, 6) is 0. The summed E-state index contributed by atoms with van der Waals surface area (Å²) in [5.41, 5.74) is 7.50. The molecule has 0 amide bonds. The first-order valence-electron chi connectivity index (χ1n) is 11.3. The van der Waals surface area contributed by atoms with Gasteiger partial charge in [0.05, 0.1) is 10.6 Å². The Morgan fingerprint density at radius 2 is 1.18 bits per heavy atom. The van der Waals surface area contributed by atoms with Crippen LogP contribution in [-0.4, -0.2) is 4.98 Å². The second-order valence-corrected chi connectivity index (χ2v) is 11.9. The van der Waals surface area contributed by atoms with Gasteiger partial charge in [0.15, 0.2) is 0 Å². The van der Waals surface area contributed by atoms with E-state index in [4.69, 9.17) is 4.98 Å². The van der Waals surface area contributed by atoms with Crippen molar-refractivity contribution in [3.05, 3.63) is 100 Å². The van der Waals surface area contributed by atoms with Gasteiger partial charge in [0, 0.05) is 41.4 Å². The highest BCUT2D eigenvalue weighted by atomic mass is 32.1. The lowest BCUT2D eigenvalue weighted by Crippen LogP contribution is -1.87. The Bertz CT molecular complexity index is 1620. The molecule has 0 saturated heterocycles. The van der Waals surface area contributed by atoms with Crippen LogP contribution in [0.15, 0.2) is 84.9 Å². The molecule has 0 aliphatic heterocycles. The van der Waals surface area contributed by atoms with Crippen LogP contribution in [0.3, 0.4) is 0 Å². The number of rotatable bonds is 4. The van der Waals surface area contributed by atoms with E-state index in [1.807, 2.05) is 34.0 Å². The van der Waals surface area contributed by atoms with Crippen LogP contribution in [0, 0.1) is 20.8 Å². The lowest BCUT2D eigenvalue weighted by Gasteiger charge is -2.06. The van der Waals surface area contributed by atoms with E-state index in [1.54, 1.807) is 0 Å². The van der Waals surface area contributed by atoms with E-state index in [0.717, 1.165) is 10.7 Å². The maximum absolute atomic E-state index is 5.31. The van der Waals surface area contributed by atoms with E-state index in [2.05, 4.69) is 106 Å². The number of hydrogen-bond donors (Lipinski definition) is 0. The molecule has 0 saturated carbocycles. The second kappa shape index (κ2) is 8.62. The first-order valence-corrected chi connectivity index (χ1v) is 13.8. The molecule has 0 aliphatic carbocycles. The van der Waals surface area contributed by atoms with E-state index < -0.39 is 0 Å². The highest BCUT2D eigenvalue weighted by Gasteiger charge is 2.25. The van der Waals surface area contributed by atoms with Crippen LogP contribution in [0.5, 0.6) is 0 Å². The molecule has 0 bridgehead atoms. The average Bonchev–Trinajstić information content (AvgIpc) is 3.52. The Morgan fingerprint density at radius 1 is 0.559 bits per heavy atom. The quantitative estimate of drug-likeness (QED) is 0.238. The molecular weight excluding hydrogens is 471 g/mol. The Morgan fingerprint density at radius 3 is 1.91 bits per heavy atom. The molecule has 0 atom stereocenters. The Balaban J connectivity index is 1.64. The molecule has 3 aromatic carbocycles. The fourth-order valence-corrected chi connectivity index (χ4v) is 8.18. The third kappa shape index (κ3) is 3.54. The SMILES string of the molecule is Cc1sc(-c2ccccc2)c(C)c1-c1nc(-c2ccccc2)sc1-c1c(C)sc2ccccc12. The van der Waals surface area contributed by atoms with Gasteiger partial charge in [0.25, 0.3) is 0 Å². The van der Waals surface area contributed by atoms with Gasteiger partial charge in [-0.25, -0.2) is 4.98 Å². The van der Waals surface area contributed by atoms with Gasteiger partial charge in [0.1, 0.15) is 5.01 Å². The highest BCUT2D eigenvalue weighted by Crippen LogP contribution is 2.50. The summed E-state index contributed by atoms with van der Waals surface area (Å²) in [5, 5.41) is 2.40. The third-order valence-electron chi connectivity index (χ3n) is 6.24. The van der Waals surface area contributed by atoms with Crippen molar-refractivity contribution in [3.8, 4) is 42.7 Å². The summed E-state index contributed by atoms with van der Waals surface area (Å²) in [7, 11) is 0. The van der Waals surface area contributed by atoms with Crippen molar-refractivity contribution < 1.29 is 0 Å². The zero-order valence-electron chi connectivity index (χ0n) is 19.3. The summed E-state index contributed by atoms with van der Waals surface area (Å²) >= 11 is 5.57. The van der Waals surface area contributed by atoms with Crippen LogP contribution in [0.4, 0.5) is 0 Å². The first kappa shape index (κ1) is 21.5. The van der Waals surface area contributed by atoms with Crippen molar-refractivity contribution >= 4 is 44.1 Å². The molecule has 166 valence electrons. The minimum Gasteiger partial charge on any atom is -0.235 e. The zero-order chi connectivity index (χ0) is 23.2. The summed E-state index contributed by atoms with van der Waals surface area (Å²) < 4.78 is 1.33. The number of fused-ring (bicyclic) bond motifs is 1. The van der Waals surface area contributed by atoms with E-state index in [1.165, 1.54) is 57.4 Å². The lowest BCUT2D eigenvalue weighted by atomic mass is 10.00. The van der Waals surface area contributed by atoms with Crippen molar-refractivity contribution in [1.82, 2.24) is 4.98 Å². The van der Waals surface area contributed by atoms with E-state index in [9.17, 15) is 0 Å². The molecule has 0 aliphatic rings. The van der Waals surface area contributed by atoms with E-state index in [-0.39, 0.29) is 0 Å². The molecule has 0 fully saturated rings. The Kier molecular flexibility index (Phi) is 5.45. The molecule has 34 heavy (non-hydrogen) atoms. The molecule has 1 nitrogen and oxygen atoms in total. The molecule has 3 heterocycles. The zero-order valence-corrected chi connectivity index (χ0v) is 21.7. The van der Waals surface area contributed by atoms with Gasteiger partial charge in [-0.3, -0.25) is 0 Å². The molecule has 0 N–H and O–H groups in total. The Labute approximate surface area is 212 Å². The van der Waals surface area contributed by atoms with Crippen molar-refractivity contribution in [2.45, 2.75) is 20.8 Å². The largest absolute Gasteiger partial charge is 0.235 e. The molecule has 0 spiro atoms. The normalized spacial score (nSPS) is 11.4. The van der Waals surface area contributed by atoms with Gasteiger partial charge in [-0.05, 0) is 38.0 Å². The molecule has 0 radical (unpaired) electrons. The van der Waals surface area contributed by atoms with E-state index >= 15 is 0 Å². The van der Waals surface area contributed by atoms with Crippen molar-refractivity contribution in [2.24, 2.45) is 0 Å². The van der Waals surface area contributed by atoms with Gasteiger partial charge >= 0.3 is 0 Å². The van der Waals surface area contributed by atoms with Gasteiger partial charge in [-0.15, -0.1) is 34.0 Å². The van der Waals surface area contributed by atoms with Gasteiger partial charge in [0.2, 0.25) is 0 Å². The Hall–Kier alpha value is -3.05. The molecule has 6 aromatic rings. The topological polar surface area (TPSA) is 12.9 Å². The van der Waals surface area contributed by atoms with Crippen LogP contribution in [-0.2, 0) is 0 Å². The number of thiazole rings is 1. The number of nitrogens with zero attached hydrogens (tertiary/aromatic N) is 1. The molecule has 0 unspecified atom stereocenters. The molecule has 6 rings (SSSR count). The van der Waals surface area contributed by atoms with Crippen LogP contribution >= 0.6 is 34.0 Å². The number of aryl methyl sites for hydroxylation is 2. The maximum atomic E-state index is 5.31. The predicted octanol–water partition coefficient (Wildman–Crippen LogP) is 10.0. The monoisotopic (exact) mass is 493 g/mol. The fraction of sp³-hybridized carbons (Fsp3) is 0.100. The van der Waals surface area contributed by atoms with Gasteiger partial charge in [-0.1, -0.05) is 78.9 Å². The van der Waals surface area contributed by atoms with Crippen molar-refractivity contribution in [1.29, 1.82) is 0 Å². The summed E-state index contributed by atoms with van der Waals surface area (Å²) in [6, 6.07) is 30.0. The summed E-state index contributed by atoms with van der Waals surface area (Å²) in [6.07, 6.45) is 0. The van der Waals surface area contributed by atoms with Crippen molar-refractivity contribution in [2.75, 3.05) is 0 Å². The second-order valence-electron chi connectivity index (χ2n) is 8.45. The third-order valence-corrected chi connectivity index (χ3v) is 9.71. The predicted molar refractivity (Wildman–Crippen MR) is 151 cm³/mol. The summed E-state index contributed by atoms with van der Waals surface area (Å²) in [6.45, 7) is 6.74. The van der Waals surface area contributed by atoms with Crippen LogP contribution in [0.25, 0.3) is 52.8 Å². The number of benzene rings is 3. The standard InChI is InChI=1S/C30H23NS3/c1-18-25(19(2)33-28(18)21-12-6-4-7-13-21)27-29(34-30(31-27)22-14-8-5-9-15-22)26-20(3)32-24-17-11-10-16-23(24)26/h4-17H,1-3H3. The lowest BCUT2D eigenvalue weighted by molar-refractivity contribution is 1.37. The molecule has 3 aromatic heterocycles. The highest BCUT2D eigenvalue weighted by molar-refractivity contribution is 7.22. The fourth-order valence-electron chi connectivity index (χ4n) is 4.68. The first-order chi connectivity index (χ1) is 16.6. The molecular formula is C30H23NS3. The van der Waals surface area contributed by atoms with E-state index in [0.29, 0.717) is 0 Å². The van der Waals surface area contributed by atoms with Gasteiger partial charge in [-0.2, -0.15) is 0 Å². The van der Waals surface area contributed by atoms with Crippen LogP contribution in [0.1, 0.15) is 15.3 Å². The summed E-state index contributed by atoms with van der Waals surface area (Å²) in [4.78, 5) is 10.6. The smallest absolute Gasteiger partial charge is 0.124 e. The minimum absolute atomic E-state index is 1.08. The van der Waals surface area contributed by atoms with Crippen LogP contribution < -0.4 is 0 Å². The minimum atomic E-state index is 1.08. The number of aromatic nitrogens is 1. The van der Waals surface area contributed by atoms with Gasteiger partial charge < -0.3 is 0 Å². The average molecular weight is 494 g/mol. The van der Waals surface area contributed by atoms with Crippen molar-refractivity contribution in [3.63, 3.8) is 0 Å². The number of thiophene rings is 2. The maximum Gasteiger partial charge on any atom is 0.124 e. The molecule has 4 heteroatoms. The number of hydrogen-bond acceptors (Lipinski definition) is 4.